The number of thiophene rings is 1. The highest BCUT2D eigenvalue weighted by Gasteiger charge is 2.40. The molecule has 8 heteroatoms. The number of anilines is 1. The van der Waals surface area contributed by atoms with Crippen molar-refractivity contribution in [3.63, 3.8) is 0 Å². The number of carbonyl (C=O) groups is 2. The summed E-state index contributed by atoms with van der Waals surface area (Å²) >= 11 is 1.59. The van der Waals surface area contributed by atoms with Crippen LogP contribution < -0.4 is 16.0 Å². The van der Waals surface area contributed by atoms with Crippen molar-refractivity contribution < 1.29 is 9.59 Å². The van der Waals surface area contributed by atoms with Gasteiger partial charge in [0.25, 0.3) is 0 Å². The standard InChI is InChI=1S/C23H25N5O2S/c29-21(12-11-15-6-2-1-3-7-15)25-20-14-18(19-10-5-13-31-19)27-28(20)23-24-17-9-4-8-16(17)22(30)26-23/h1-3,5-7,10,13-14,16-17,23-24H,4,8-9,11-12H2,(H,25,29)(H,26,30). The Labute approximate surface area is 184 Å². The topological polar surface area (TPSA) is 88.1 Å². The van der Waals surface area contributed by atoms with E-state index >= 15 is 0 Å². The lowest BCUT2D eigenvalue weighted by Gasteiger charge is -2.34. The van der Waals surface area contributed by atoms with E-state index in [2.05, 4.69) is 16.0 Å². The Morgan fingerprint density at radius 1 is 1.19 bits per heavy atom. The molecule has 2 aliphatic rings. The van der Waals surface area contributed by atoms with Gasteiger partial charge in [-0.1, -0.05) is 42.8 Å². The van der Waals surface area contributed by atoms with Crippen LogP contribution in [-0.4, -0.2) is 27.6 Å². The van der Waals surface area contributed by atoms with Gasteiger partial charge in [-0.2, -0.15) is 5.10 Å². The van der Waals surface area contributed by atoms with E-state index in [1.54, 1.807) is 16.0 Å². The van der Waals surface area contributed by atoms with Gasteiger partial charge in [0.05, 0.1) is 10.8 Å². The number of hydrogen-bond donors (Lipinski definition) is 3. The van der Waals surface area contributed by atoms with Crippen LogP contribution in [0.1, 0.15) is 37.5 Å². The van der Waals surface area contributed by atoms with Crippen molar-refractivity contribution in [2.24, 2.45) is 5.92 Å². The third kappa shape index (κ3) is 4.26. The molecule has 0 spiro atoms. The van der Waals surface area contributed by atoms with E-state index in [1.165, 1.54) is 0 Å². The number of aromatic nitrogens is 2. The summed E-state index contributed by atoms with van der Waals surface area (Å²) in [4.78, 5) is 26.3. The molecule has 7 nitrogen and oxygen atoms in total. The number of hydrogen-bond acceptors (Lipinski definition) is 5. The second-order valence-electron chi connectivity index (χ2n) is 8.09. The Hall–Kier alpha value is -2.97. The number of rotatable bonds is 6. The fraction of sp³-hybridized carbons (Fsp3) is 0.348. The molecule has 3 aromatic rings. The van der Waals surface area contributed by atoms with Gasteiger partial charge in [0, 0.05) is 18.5 Å². The molecular formula is C23H25N5O2S. The quantitative estimate of drug-likeness (QED) is 0.553. The summed E-state index contributed by atoms with van der Waals surface area (Å²) in [7, 11) is 0. The third-order valence-electron chi connectivity index (χ3n) is 6.01. The highest BCUT2D eigenvalue weighted by molar-refractivity contribution is 7.13. The Bertz CT molecular complexity index is 1060. The van der Waals surface area contributed by atoms with Gasteiger partial charge < -0.3 is 10.6 Å². The van der Waals surface area contributed by atoms with Crippen LogP contribution >= 0.6 is 11.3 Å². The summed E-state index contributed by atoms with van der Waals surface area (Å²) in [6.07, 6.45) is 3.50. The summed E-state index contributed by atoms with van der Waals surface area (Å²) in [6, 6.07) is 16.0. The Morgan fingerprint density at radius 2 is 2.06 bits per heavy atom. The lowest BCUT2D eigenvalue weighted by Crippen LogP contribution is -2.57. The van der Waals surface area contributed by atoms with Crippen molar-refractivity contribution in [1.29, 1.82) is 0 Å². The first-order valence-electron chi connectivity index (χ1n) is 10.7. The van der Waals surface area contributed by atoms with E-state index in [-0.39, 0.29) is 23.8 Å². The van der Waals surface area contributed by atoms with Crippen LogP contribution in [0.2, 0.25) is 0 Å². The smallest absolute Gasteiger partial charge is 0.227 e. The fourth-order valence-electron chi connectivity index (χ4n) is 4.43. The van der Waals surface area contributed by atoms with Crippen molar-refractivity contribution >= 4 is 29.0 Å². The lowest BCUT2D eigenvalue weighted by atomic mass is 10.0. The van der Waals surface area contributed by atoms with E-state index in [1.807, 2.05) is 53.9 Å². The Morgan fingerprint density at radius 3 is 2.87 bits per heavy atom. The molecule has 3 unspecified atom stereocenters. The van der Waals surface area contributed by atoms with Crippen LogP contribution in [0.3, 0.4) is 0 Å². The highest BCUT2D eigenvalue weighted by atomic mass is 32.1. The largest absolute Gasteiger partial charge is 0.322 e. The molecule has 2 fully saturated rings. The number of fused-ring (bicyclic) bond motifs is 1. The molecule has 1 saturated carbocycles. The van der Waals surface area contributed by atoms with Crippen LogP contribution in [-0.2, 0) is 16.0 Å². The van der Waals surface area contributed by atoms with Gasteiger partial charge in [0.15, 0.2) is 6.29 Å². The minimum absolute atomic E-state index is 0.0208. The summed E-state index contributed by atoms with van der Waals surface area (Å²) in [5.74, 6) is 0.576. The first kappa shape index (κ1) is 20.0. The van der Waals surface area contributed by atoms with Gasteiger partial charge in [-0.05, 0) is 36.3 Å². The highest BCUT2D eigenvalue weighted by Crippen LogP contribution is 2.32. The number of nitrogens with zero attached hydrogens (tertiary/aromatic N) is 2. The van der Waals surface area contributed by atoms with Gasteiger partial charge in [-0.3, -0.25) is 14.9 Å². The summed E-state index contributed by atoms with van der Waals surface area (Å²) in [6.45, 7) is 0. The Balaban J connectivity index is 1.36. The predicted molar refractivity (Wildman–Crippen MR) is 120 cm³/mol. The minimum atomic E-state index is -0.481. The molecule has 3 atom stereocenters. The molecule has 160 valence electrons. The molecule has 0 radical (unpaired) electrons. The average molecular weight is 436 g/mol. The molecule has 1 aliphatic heterocycles. The van der Waals surface area contributed by atoms with Gasteiger partial charge in [0.2, 0.25) is 11.8 Å². The molecule has 31 heavy (non-hydrogen) atoms. The van der Waals surface area contributed by atoms with Crippen LogP contribution in [0, 0.1) is 5.92 Å². The van der Waals surface area contributed by atoms with Crippen LogP contribution in [0.5, 0.6) is 0 Å². The summed E-state index contributed by atoms with van der Waals surface area (Å²) < 4.78 is 1.70. The maximum absolute atomic E-state index is 12.7. The molecule has 2 amide bonds. The van der Waals surface area contributed by atoms with Crippen LogP contribution in [0.15, 0.2) is 53.9 Å². The van der Waals surface area contributed by atoms with Crippen molar-refractivity contribution in [2.75, 3.05) is 5.32 Å². The normalized spacial score (nSPS) is 22.7. The van der Waals surface area contributed by atoms with E-state index < -0.39 is 6.29 Å². The lowest BCUT2D eigenvalue weighted by molar-refractivity contribution is -0.130. The maximum Gasteiger partial charge on any atom is 0.227 e. The number of amides is 2. The van der Waals surface area contributed by atoms with Crippen molar-refractivity contribution in [3.05, 3.63) is 59.5 Å². The molecule has 1 saturated heterocycles. The van der Waals surface area contributed by atoms with Gasteiger partial charge in [0.1, 0.15) is 11.5 Å². The minimum Gasteiger partial charge on any atom is -0.322 e. The number of aryl methyl sites for hydroxylation is 1. The van der Waals surface area contributed by atoms with Gasteiger partial charge in [-0.15, -0.1) is 11.3 Å². The summed E-state index contributed by atoms with van der Waals surface area (Å²) in [5, 5.41) is 16.3. The first-order chi connectivity index (χ1) is 15.2. The second kappa shape index (κ2) is 8.64. The van der Waals surface area contributed by atoms with Gasteiger partial charge >= 0.3 is 0 Å². The molecular weight excluding hydrogens is 410 g/mol. The first-order valence-corrected chi connectivity index (χ1v) is 11.6. The van der Waals surface area contributed by atoms with E-state index in [4.69, 9.17) is 5.10 Å². The molecule has 1 aliphatic carbocycles. The molecule has 3 N–H and O–H groups in total. The molecule has 0 bridgehead atoms. The number of benzene rings is 1. The maximum atomic E-state index is 12.7. The molecule has 2 aromatic heterocycles. The molecule has 3 heterocycles. The zero-order valence-corrected chi connectivity index (χ0v) is 17.9. The second-order valence-corrected chi connectivity index (χ2v) is 9.04. The number of carbonyl (C=O) groups excluding carboxylic acids is 2. The van der Waals surface area contributed by atoms with Crippen molar-refractivity contribution in [3.8, 4) is 10.6 Å². The SMILES string of the molecule is O=C(CCc1ccccc1)Nc1cc(-c2cccs2)nn1C1NC(=O)C2CCCC2N1. The van der Waals surface area contributed by atoms with Crippen molar-refractivity contribution in [2.45, 2.75) is 44.4 Å². The van der Waals surface area contributed by atoms with Gasteiger partial charge in [-0.25, -0.2) is 4.68 Å². The van der Waals surface area contributed by atoms with Crippen LogP contribution in [0.4, 0.5) is 5.82 Å². The van der Waals surface area contributed by atoms with E-state index in [0.29, 0.717) is 18.7 Å². The van der Waals surface area contributed by atoms with E-state index in [9.17, 15) is 9.59 Å². The monoisotopic (exact) mass is 435 g/mol. The molecule has 5 rings (SSSR count). The fourth-order valence-corrected chi connectivity index (χ4v) is 5.11. The zero-order chi connectivity index (χ0) is 21.2. The zero-order valence-electron chi connectivity index (χ0n) is 17.1. The number of nitrogens with one attached hydrogen (secondary N) is 3. The summed E-state index contributed by atoms with van der Waals surface area (Å²) in [5.41, 5.74) is 1.90. The van der Waals surface area contributed by atoms with Crippen LogP contribution in [0.25, 0.3) is 10.6 Å². The molecule has 1 aromatic carbocycles. The predicted octanol–water partition coefficient (Wildman–Crippen LogP) is 3.53. The van der Waals surface area contributed by atoms with E-state index in [0.717, 1.165) is 35.4 Å². The average Bonchev–Trinajstić information content (AvgIpc) is 3.53. The van der Waals surface area contributed by atoms with Crippen molar-refractivity contribution in [1.82, 2.24) is 20.4 Å². The Kier molecular flexibility index (Phi) is 5.57. The third-order valence-corrected chi connectivity index (χ3v) is 6.90.